The lowest BCUT2D eigenvalue weighted by molar-refractivity contribution is 0.323. The second-order valence-corrected chi connectivity index (χ2v) is 5.62. The van der Waals surface area contributed by atoms with Crippen LogP contribution in [0.25, 0.3) is 0 Å². The zero-order valence-corrected chi connectivity index (χ0v) is 14.4. The van der Waals surface area contributed by atoms with Gasteiger partial charge in [-0.15, -0.1) is 0 Å². The van der Waals surface area contributed by atoms with Crippen LogP contribution in [-0.4, -0.2) is 40.9 Å². The molecule has 6 nitrogen and oxygen atoms in total. The van der Waals surface area contributed by atoms with Gasteiger partial charge in [-0.25, -0.2) is 0 Å². The molecular formula is C17H27N3O3. The van der Waals surface area contributed by atoms with E-state index >= 15 is 0 Å². The number of methoxy groups -OCH3 is 3. The summed E-state index contributed by atoms with van der Waals surface area (Å²) in [5.41, 5.74) is 1.03. The van der Waals surface area contributed by atoms with E-state index in [4.69, 9.17) is 14.2 Å². The van der Waals surface area contributed by atoms with Gasteiger partial charge >= 0.3 is 0 Å². The van der Waals surface area contributed by atoms with Gasteiger partial charge < -0.3 is 24.8 Å². The first kappa shape index (κ1) is 17.2. The Kier molecular flexibility index (Phi) is 6.38. The van der Waals surface area contributed by atoms with E-state index < -0.39 is 0 Å². The molecule has 0 heterocycles. The standard InChI is InChI=1S/C17H27N3O3/c1-18-17(19-8-7-12-5-6-12)20-11-13-9-14(21-2)16(23-4)15(10-13)22-3/h9-10,12H,5-8,11H2,1-4H3,(H2,18,19,20). The number of rotatable bonds is 8. The van der Waals surface area contributed by atoms with Crippen molar-refractivity contribution < 1.29 is 14.2 Å². The van der Waals surface area contributed by atoms with Crippen molar-refractivity contribution >= 4 is 5.96 Å². The molecule has 1 saturated carbocycles. The van der Waals surface area contributed by atoms with Gasteiger partial charge in [-0.05, 0) is 30.0 Å². The molecule has 0 amide bonds. The molecule has 1 aliphatic carbocycles. The summed E-state index contributed by atoms with van der Waals surface area (Å²) < 4.78 is 16.1. The van der Waals surface area contributed by atoms with Crippen LogP contribution in [0.2, 0.25) is 0 Å². The van der Waals surface area contributed by atoms with Gasteiger partial charge in [0.05, 0.1) is 21.3 Å². The van der Waals surface area contributed by atoms with Crippen molar-refractivity contribution in [3.05, 3.63) is 17.7 Å². The lowest BCUT2D eigenvalue weighted by Gasteiger charge is -2.16. The molecule has 2 N–H and O–H groups in total. The van der Waals surface area contributed by atoms with Crippen molar-refractivity contribution in [1.82, 2.24) is 10.6 Å². The number of hydrogen-bond acceptors (Lipinski definition) is 4. The Labute approximate surface area is 138 Å². The summed E-state index contributed by atoms with van der Waals surface area (Å²) in [6.45, 7) is 1.58. The molecule has 0 aromatic heterocycles. The molecule has 0 bridgehead atoms. The molecule has 6 heteroatoms. The van der Waals surface area contributed by atoms with Crippen molar-refractivity contribution in [3.63, 3.8) is 0 Å². The monoisotopic (exact) mass is 321 g/mol. The van der Waals surface area contributed by atoms with Gasteiger partial charge in [-0.1, -0.05) is 12.8 Å². The third-order valence-corrected chi connectivity index (χ3v) is 3.95. The summed E-state index contributed by atoms with van der Waals surface area (Å²) in [4.78, 5) is 4.25. The van der Waals surface area contributed by atoms with Gasteiger partial charge in [0, 0.05) is 20.1 Å². The zero-order valence-electron chi connectivity index (χ0n) is 14.4. The van der Waals surface area contributed by atoms with Crippen LogP contribution in [0.5, 0.6) is 17.2 Å². The van der Waals surface area contributed by atoms with Gasteiger partial charge in [0.1, 0.15) is 0 Å². The number of nitrogens with one attached hydrogen (secondary N) is 2. The first-order valence-corrected chi connectivity index (χ1v) is 7.95. The van der Waals surface area contributed by atoms with Crippen LogP contribution < -0.4 is 24.8 Å². The topological polar surface area (TPSA) is 64.1 Å². The predicted octanol–water partition coefficient (Wildman–Crippen LogP) is 2.18. The highest BCUT2D eigenvalue weighted by Crippen LogP contribution is 2.38. The lowest BCUT2D eigenvalue weighted by atomic mass is 10.2. The highest BCUT2D eigenvalue weighted by molar-refractivity contribution is 5.79. The largest absolute Gasteiger partial charge is 0.493 e. The fraction of sp³-hybridized carbons (Fsp3) is 0.588. The molecule has 1 aromatic rings. The molecule has 2 rings (SSSR count). The molecule has 128 valence electrons. The zero-order chi connectivity index (χ0) is 16.7. The normalized spacial score (nSPS) is 14.3. The van der Waals surface area contributed by atoms with Crippen LogP contribution in [-0.2, 0) is 6.54 Å². The van der Waals surface area contributed by atoms with Gasteiger partial charge in [0.2, 0.25) is 5.75 Å². The fourth-order valence-corrected chi connectivity index (χ4v) is 2.45. The molecule has 0 aliphatic heterocycles. The first-order chi connectivity index (χ1) is 11.2. The Morgan fingerprint density at radius 3 is 2.22 bits per heavy atom. The number of ether oxygens (including phenoxy) is 3. The van der Waals surface area contributed by atoms with Gasteiger partial charge in [-0.2, -0.15) is 0 Å². The highest BCUT2D eigenvalue weighted by atomic mass is 16.5. The van der Waals surface area contributed by atoms with Crippen LogP contribution in [0.1, 0.15) is 24.8 Å². The van der Waals surface area contributed by atoms with Gasteiger partial charge in [0.25, 0.3) is 0 Å². The minimum absolute atomic E-state index is 0.602. The summed E-state index contributed by atoms with van der Waals surface area (Å²) >= 11 is 0. The molecule has 1 fully saturated rings. The van der Waals surface area contributed by atoms with E-state index in [0.717, 1.165) is 24.0 Å². The van der Waals surface area contributed by atoms with Crippen molar-refractivity contribution in [2.45, 2.75) is 25.8 Å². The molecule has 1 aromatic carbocycles. The van der Waals surface area contributed by atoms with Crippen LogP contribution in [0.3, 0.4) is 0 Å². The van der Waals surface area contributed by atoms with Crippen molar-refractivity contribution in [2.24, 2.45) is 10.9 Å². The number of nitrogens with zero attached hydrogens (tertiary/aromatic N) is 1. The molecule has 0 atom stereocenters. The van der Waals surface area contributed by atoms with E-state index in [0.29, 0.717) is 23.8 Å². The average Bonchev–Trinajstić information content (AvgIpc) is 3.40. The van der Waals surface area contributed by atoms with Gasteiger partial charge in [0.15, 0.2) is 17.5 Å². The summed E-state index contributed by atoms with van der Waals surface area (Å²) in [6, 6.07) is 3.87. The number of guanidine groups is 1. The maximum absolute atomic E-state index is 5.37. The Bertz CT molecular complexity index is 517. The predicted molar refractivity (Wildman–Crippen MR) is 91.6 cm³/mol. The van der Waals surface area contributed by atoms with E-state index in [1.165, 1.54) is 19.3 Å². The molecule has 0 saturated heterocycles. The van der Waals surface area contributed by atoms with Crippen molar-refractivity contribution in [3.8, 4) is 17.2 Å². The Morgan fingerprint density at radius 1 is 1.09 bits per heavy atom. The highest BCUT2D eigenvalue weighted by Gasteiger charge is 2.20. The Balaban J connectivity index is 1.95. The smallest absolute Gasteiger partial charge is 0.203 e. The second kappa shape index (κ2) is 8.50. The van der Waals surface area contributed by atoms with Crippen molar-refractivity contribution in [2.75, 3.05) is 34.9 Å². The van der Waals surface area contributed by atoms with Gasteiger partial charge in [-0.3, -0.25) is 4.99 Å². The van der Waals surface area contributed by atoms with E-state index in [9.17, 15) is 0 Å². The quantitative estimate of drug-likeness (QED) is 0.567. The van der Waals surface area contributed by atoms with Crippen LogP contribution >= 0.6 is 0 Å². The van der Waals surface area contributed by atoms with E-state index in [1.807, 2.05) is 12.1 Å². The Hall–Kier alpha value is -2.11. The van der Waals surface area contributed by atoms with E-state index in [1.54, 1.807) is 28.4 Å². The lowest BCUT2D eigenvalue weighted by Crippen LogP contribution is -2.37. The minimum atomic E-state index is 0.602. The van der Waals surface area contributed by atoms with E-state index in [2.05, 4.69) is 15.6 Å². The number of hydrogen-bond donors (Lipinski definition) is 2. The third-order valence-electron chi connectivity index (χ3n) is 3.95. The van der Waals surface area contributed by atoms with Crippen molar-refractivity contribution in [1.29, 1.82) is 0 Å². The summed E-state index contributed by atoms with van der Waals surface area (Å²) in [5.74, 6) is 3.63. The first-order valence-electron chi connectivity index (χ1n) is 7.95. The summed E-state index contributed by atoms with van der Waals surface area (Å²) in [7, 11) is 6.62. The molecule has 0 unspecified atom stereocenters. The summed E-state index contributed by atoms with van der Waals surface area (Å²) in [5, 5.41) is 6.65. The number of benzene rings is 1. The van der Waals surface area contributed by atoms with Crippen LogP contribution in [0, 0.1) is 5.92 Å². The molecule has 0 radical (unpaired) electrons. The second-order valence-electron chi connectivity index (χ2n) is 5.62. The maximum atomic E-state index is 5.37. The molecule has 23 heavy (non-hydrogen) atoms. The fourth-order valence-electron chi connectivity index (χ4n) is 2.45. The van der Waals surface area contributed by atoms with Crippen LogP contribution in [0.15, 0.2) is 17.1 Å². The molecule has 1 aliphatic rings. The van der Waals surface area contributed by atoms with Crippen LogP contribution in [0.4, 0.5) is 0 Å². The number of aliphatic imine (C=N–C) groups is 1. The molecule has 0 spiro atoms. The third kappa shape index (κ3) is 4.94. The molecular weight excluding hydrogens is 294 g/mol. The average molecular weight is 321 g/mol. The maximum Gasteiger partial charge on any atom is 0.203 e. The SMILES string of the molecule is CN=C(NCCC1CC1)NCc1cc(OC)c(OC)c(OC)c1. The summed E-state index contributed by atoms with van der Waals surface area (Å²) in [6.07, 6.45) is 3.96. The van der Waals surface area contributed by atoms with E-state index in [-0.39, 0.29) is 0 Å². The Morgan fingerprint density at radius 2 is 1.74 bits per heavy atom. The minimum Gasteiger partial charge on any atom is -0.493 e.